The molecule has 0 radical (unpaired) electrons. The maximum absolute atomic E-state index is 12.6. The molecule has 30 heavy (non-hydrogen) atoms. The van der Waals surface area contributed by atoms with Gasteiger partial charge in [-0.1, -0.05) is 41.0 Å². The highest BCUT2D eigenvalue weighted by Crippen LogP contribution is 2.41. The molecule has 4 aromatic rings. The summed E-state index contributed by atoms with van der Waals surface area (Å²) in [5.41, 5.74) is 1.73. The Balaban J connectivity index is 1.80. The molecule has 0 saturated heterocycles. The van der Waals surface area contributed by atoms with Gasteiger partial charge in [-0.2, -0.15) is 9.78 Å². The summed E-state index contributed by atoms with van der Waals surface area (Å²) in [7, 11) is 0. The standard InChI is InChI=1S/C18H11ClN8O3/c19-11-6-4-9(5-7-11)16-13-14(10-2-1-3-12(8-10)27(29)30)21-22-17(28)15(13)20-18-23-24-25-26(16)18/h1-8,16H,(H,22,28)(H,20,23,25)/t16-/m1/s1. The molecule has 12 heteroatoms. The Morgan fingerprint density at radius 3 is 2.73 bits per heavy atom. The second-order valence-electron chi connectivity index (χ2n) is 6.52. The zero-order valence-corrected chi connectivity index (χ0v) is 15.7. The van der Waals surface area contributed by atoms with E-state index in [2.05, 4.69) is 31.0 Å². The highest BCUT2D eigenvalue weighted by Gasteiger charge is 2.34. The largest absolute Gasteiger partial charge is 0.318 e. The van der Waals surface area contributed by atoms with Crippen molar-refractivity contribution in [1.29, 1.82) is 0 Å². The topological polar surface area (TPSA) is 145 Å². The predicted octanol–water partition coefficient (Wildman–Crippen LogP) is 2.68. The Morgan fingerprint density at radius 1 is 1.17 bits per heavy atom. The van der Waals surface area contributed by atoms with Crippen LogP contribution in [0.25, 0.3) is 11.3 Å². The molecule has 0 aliphatic carbocycles. The van der Waals surface area contributed by atoms with E-state index in [-0.39, 0.29) is 17.3 Å². The van der Waals surface area contributed by atoms with Crippen molar-refractivity contribution in [2.24, 2.45) is 0 Å². The SMILES string of the molecule is O=c1[nH]nc(-c2cccc([N+](=O)[O-])c2)c2c1Nc1nnnn1[C@@H]2c1ccc(Cl)cc1. The number of nitrogens with one attached hydrogen (secondary N) is 2. The first-order valence-corrected chi connectivity index (χ1v) is 9.08. The number of halogens is 1. The number of aromatic amines is 1. The van der Waals surface area contributed by atoms with Gasteiger partial charge in [0.1, 0.15) is 11.7 Å². The van der Waals surface area contributed by atoms with Crippen LogP contribution in [-0.4, -0.2) is 35.3 Å². The first-order valence-electron chi connectivity index (χ1n) is 8.70. The van der Waals surface area contributed by atoms with Crippen molar-refractivity contribution in [2.75, 3.05) is 5.32 Å². The normalized spacial score (nSPS) is 14.5. The molecular formula is C18H11ClN8O3. The number of benzene rings is 2. The van der Waals surface area contributed by atoms with E-state index in [0.29, 0.717) is 21.8 Å². The third-order valence-corrected chi connectivity index (χ3v) is 5.04. The number of non-ortho nitro benzene ring substituents is 1. The van der Waals surface area contributed by atoms with Crippen LogP contribution in [0.15, 0.2) is 53.3 Å². The van der Waals surface area contributed by atoms with Crippen LogP contribution in [0.2, 0.25) is 5.02 Å². The van der Waals surface area contributed by atoms with Gasteiger partial charge >= 0.3 is 0 Å². The van der Waals surface area contributed by atoms with Crippen molar-refractivity contribution in [2.45, 2.75) is 6.04 Å². The van der Waals surface area contributed by atoms with Crippen LogP contribution < -0.4 is 10.9 Å². The molecule has 11 nitrogen and oxygen atoms in total. The van der Waals surface area contributed by atoms with Gasteiger partial charge in [0.25, 0.3) is 11.2 Å². The molecule has 0 bridgehead atoms. The minimum absolute atomic E-state index is 0.0934. The predicted molar refractivity (Wildman–Crippen MR) is 107 cm³/mol. The van der Waals surface area contributed by atoms with E-state index in [0.717, 1.165) is 5.56 Å². The monoisotopic (exact) mass is 422 g/mol. The number of anilines is 2. The minimum Gasteiger partial charge on any atom is -0.318 e. The summed E-state index contributed by atoms with van der Waals surface area (Å²) >= 11 is 6.04. The number of nitrogens with zero attached hydrogens (tertiary/aromatic N) is 6. The van der Waals surface area contributed by atoms with Gasteiger partial charge in [-0.05, 0) is 28.1 Å². The second-order valence-corrected chi connectivity index (χ2v) is 6.96. The van der Waals surface area contributed by atoms with E-state index >= 15 is 0 Å². The first-order chi connectivity index (χ1) is 14.5. The Kier molecular flexibility index (Phi) is 4.03. The number of H-pyrrole nitrogens is 1. The second kappa shape index (κ2) is 6.74. The smallest absolute Gasteiger partial charge is 0.288 e. The van der Waals surface area contributed by atoms with E-state index in [9.17, 15) is 14.9 Å². The molecule has 2 aromatic heterocycles. The van der Waals surface area contributed by atoms with Crippen LogP contribution in [0.3, 0.4) is 0 Å². The molecule has 1 aliphatic rings. The van der Waals surface area contributed by atoms with Crippen LogP contribution in [0.4, 0.5) is 17.3 Å². The number of tetrazole rings is 1. The molecular weight excluding hydrogens is 412 g/mol. The lowest BCUT2D eigenvalue weighted by Crippen LogP contribution is -2.29. The molecule has 0 spiro atoms. The molecule has 3 heterocycles. The Labute approximate surface area is 172 Å². The summed E-state index contributed by atoms with van der Waals surface area (Å²) in [6.45, 7) is 0. The van der Waals surface area contributed by atoms with Crippen molar-refractivity contribution in [3.05, 3.63) is 85.1 Å². The lowest BCUT2D eigenvalue weighted by molar-refractivity contribution is -0.384. The zero-order chi connectivity index (χ0) is 20.8. The number of hydrogen-bond donors (Lipinski definition) is 2. The van der Waals surface area contributed by atoms with Crippen LogP contribution in [-0.2, 0) is 0 Å². The average molecular weight is 423 g/mol. The lowest BCUT2D eigenvalue weighted by atomic mass is 9.92. The molecule has 2 aromatic carbocycles. The van der Waals surface area contributed by atoms with Gasteiger partial charge in [-0.3, -0.25) is 14.9 Å². The number of nitro groups is 1. The molecule has 0 fully saturated rings. The highest BCUT2D eigenvalue weighted by molar-refractivity contribution is 6.30. The maximum Gasteiger partial charge on any atom is 0.288 e. The molecule has 148 valence electrons. The summed E-state index contributed by atoms with van der Waals surface area (Å²) in [5, 5.41) is 33.1. The first kappa shape index (κ1) is 17.9. The van der Waals surface area contributed by atoms with Crippen LogP contribution in [0.5, 0.6) is 0 Å². The van der Waals surface area contributed by atoms with Crippen LogP contribution in [0, 0.1) is 10.1 Å². The van der Waals surface area contributed by atoms with Crippen molar-refractivity contribution >= 4 is 28.9 Å². The van der Waals surface area contributed by atoms with E-state index in [1.165, 1.54) is 16.8 Å². The van der Waals surface area contributed by atoms with Crippen molar-refractivity contribution in [3.63, 3.8) is 0 Å². The Hall–Kier alpha value is -4.12. The molecule has 1 atom stereocenters. The molecule has 0 amide bonds. The fraction of sp³-hybridized carbons (Fsp3) is 0.0556. The number of rotatable bonds is 3. The average Bonchev–Trinajstić information content (AvgIpc) is 3.22. The molecule has 1 aliphatic heterocycles. The van der Waals surface area contributed by atoms with Crippen molar-refractivity contribution in [1.82, 2.24) is 30.4 Å². The fourth-order valence-electron chi connectivity index (χ4n) is 3.48. The van der Waals surface area contributed by atoms with Gasteiger partial charge in [0.15, 0.2) is 0 Å². The van der Waals surface area contributed by atoms with E-state index in [4.69, 9.17) is 11.6 Å². The van der Waals surface area contributed by atoms with Crippen LogP contribution in [0.1, 0.15) is 17.2 Å². The van der Waals surface area contributed by atoms with Gasteiger partial charge in [0, 0.05) is 28.3 Å². The summed E-state index contributed by atoms with van der Waals surface area (Å²) in [6, 6.07) is 12.5. The van der Waals surface area contributed by atoms with Gasteiger partial charge < -0.3 is 5.32 Å². The molecule has 5 rings (SSSR count). The summed E-state index contributed by atoms with van der Waals surface area (Å²) in [6.07, 6.45) is 0. The Bertz CT molecular complexity index is 1350. The van der Waals surface area contributed by atoms with Gasteiger partial charge in [-0.25, -0.2) is 5.10 Å². The highest BCUT2D eigenvalue weighted by atomic mass is 35.5. The quantitative estimate of drug-likeness (QED) is 0.333. The Morgan fingerprint density at radius 2 is 1.97 bits per heavy atom. The maximum atomic E-state index is 12.6. The van der Waals surface area contributed by atoms with Gasteiger partial charge in [-0.15, -0.1) is 0 Å². The lowest BCUT2D eigenvalue weighted by Gasteiger charge is -2.27. The molecule has 2 N–H and O–H groups in total. The van der Waals surface area contributed by atoms with Crippen molar-refractivity contribution in [3.8, 4) is 11.3 Å². The van der Waals surface area contributed by atoms with Gasteiger partial charge in [0.05, 0.1) is 10.6 Å². The van der Waals surface area contributed by atoms with Gasteiger partial charge in [0.2, 0.25) is 5.95 Å². The number of fused-ring (bicyclic) bond motifs is 2. The number of nitro benzene ring substituents is 1. The third-order valence-electron chi connectivity index (χ3n) is 4.78. The van der Waals surface area contributed by atoms with E-state index in [1.807, 2.05) is 0 Å². The number of hydrogen-bond acceptors (Lipinski definition) is 8. The third kappa shape index (κ3) is 2.79. The van der Waals surface area contributed by atoms with E-state index < -0.39 is 16.5 Å². The zero-order valence-electron chi connectivity index (χ0n) is 15.0. The number of aromatic nitrogens is 6. The summed E-state index contributed by atoms with van der Waals surface area (Å²) < 4.78 is 1.52. The molecule has 0 unspecified atom stereocenters. The van der Waals surface area contributed by atoms with E-state index in [1.54, 1.807) is 36.4 Å². The summed E-state index contributed by atoms with van der Waals surface area (Å²) in [5.74, 6) is 0.282. The van der Waals surface area contributed by atoms with Crippen molar-refractivity contribution < 1.29 is 4.92 Å². The minimum atomic E-state index is -0.604. The molecule has 0 saturated carbocycles. The summed E-state index contributed by atoms with van der Waals surface area (Å²) in [4.78, 5) is 23.4. The fourth-order valence-corrected chi connectivity index (χ4v) is 3.60. The van der Waals surface area contributed by atoms with Crippen LogP contribution >= 0.6 is 11.6 Å².